The predicted octanol–water partition coefficient (Wildman–Crippen LogP) is 2.68. The van der Waals surface area contributed by atoms with Crippen molar-refractivity contribution in [3.63, 3.8) is 0 Å². The number of benzene rings is 1. The van der Waals surface area contributed by atoms with Crippen LogP contribution in [0.1, 0.15) is 32.0 Å². The molecule has 0 radical (unpaired) electrons. The Hall–Kier alpha value is -1.94. The fraction of sp³-hybridized carbons (Fsp3) is 0.200. The molecule has 0 saturated carbocycles. The first-order valence-electron chi connectivity index (χ1n) is 6.22. The van der Waals surface area contributed by atoms with Gasteiger partial charge in [-0.1, -0.05) is 18.2 Å². The van der Waals surface area contributed by atoms with Gasteiger partial charge in [0, 0.05) is 16.0 Å². The molecule has 1 heterocycles. The van der Waals surface area contributed by atoms with Gasteiger partial charge in [0.15, 0.2) is 5.78 Å². The van der Waals surface area contributed by atoms with Crippen LogP contribution >= 0.6 is 11.3 Å². The second-order valence-corrected chi connectivity index (χ2v) is 5.55. The molecule has 3 nitrogen and oxygen atoms in total. The first-order chi connectivity index (χ1) is 9.25. The summed E-state index contributed by atoms with van der Waals surface area (Å²) in [7, 11) is 0. The number of carbonyl (C=O) groups excluding carboxylic acids is 2. The quantitative estimate of drug-likeness (QED) is 0.912. The summed E-state index contributed by atoms with van der Waals surface area (Å²) in [6.07, 6.45) is 1.55. The largest absolute Gasteiger partial charge is 0.342 e. The van der Waals surface area contributed by atoms with E-state index in [4.69, 9.17) is 0 Å². The zero-order valence-corrected chi connectivity index (χ0v) is 11.1. The molecule has 1 aliphatic carbocycles. The van der Waals surface area contributed by atoms with Crippen molar-refractivity contribution in [1.29, 1.82) is 0 Å². The Labute approximate surface area is 115 Å². The van der Waals surface area contributed by atoms with E-state index >= 15 is 0 Å². The highest BCUT2D eigenvalue weighted by atomic mass is 32.1. The first kappa shape index (κ1) is 12.1. The number of carbonyl (C=O) groups is 2. The molecular weight excluding hydrogens is 258 g/mol. The van der Waals surface area contributed by atoms with Gasteiger partial charge < -0.3 is 5.32 Å². The highest BCUT2D eigenvalue weighted by molar-refractivity contribution is 7.10. The van der Waals surface area contributed by atoms with Crippen molar-refractivity contribution >= 4 is 23.0 Å². The average molecular weight is 271 g/mol. The molecule has 0 fully saturated rings. The Kier molecular flexibility index (Phi) is 3.17. The van der Waals surface area contributed by atoms with Gasteiger partial charge in [-0.3, -0.25) is 9.59 Å². The second-order valence-electron chi connectivity index (χ2n) is 4.55. The van der Waals surface area contributed by atoms with E-state index in [2.05, 4.69) is 5.32 Å². The summed E-state index contributed by atoms with van der Waals surface area (Å²) in [5.41, 5.74) is 1.36. The highest BCUT2D eigenvalue weighted by Crippen LogP contribution is 2.26. The molecule has 0 aliphatic heterocycles. The van der Waals surface area contributed by atoms with Crippen molar-refractivity contribution in [2.45, 2.75) is 18.9 Å². The number of ketones is 1. The van der Waals surface area contributed by atoms with Gasteiger partial charge in [0.1, 0.15) is 0 Å². The van der Waals surface area contributed by atoms with Crippen LogP contribution in [-0.2, 0) is 6.42 Å². The zero-order chi connectivity index (χ0) is 13.2. The minimum atomic E-state index is -0.394. The van der Waals surface area contributed by atoms with Crippen LogP contribution in [0.4, 0.5) is 0 Å². The van der Waals surface area contributed by atoms with Crippen molar-refractivity contribution < 1.29 is 9.59 Å². The number of thiophene rings is 1. The Balaban J connectivity index is 1.75. The Bertz CT molecular complexity index is 618. The molecule has 1 aromatic carbocycles. The van der Waals surface area contributed by atoms with Crippen LogP contribution in [0.3, 0.4) is 0 Å². The molecule has 1 aromatic heterocycles. The predicted molar refractivity (Wildman–Crippen MR) is 74.7 cm³/mol. The summed E-state index contributed by atoms with van der Waals surface area (Å²) < 4.78 is 0. The van der Waals surface area contributed by atoms with Gasteiger partial charge in [-0.15, -0.1) is 11.3 Å². The number of nitrogens with one attached hydrogen (secondary N) is 1. The lowest BCUT2D eigenvalue weighted by Gasteiger charge is -2.22. The third kappa shape index (κ3) is 2.31. The summed E-state index contributed by atoms with van der Waals surface area (Å²) in [6, 6.07) is 10.4. The Morgan fingerprint density at radius 2 is 2.00 bits per heavy atom. The van der Waals surface area contributed by atoms with Crippen LogP contribution in [-0.4, -0.2) is 17.7 Å². The number of aryl methyl sites for hydroxylation is 1. The van der Waals surface area contributed by atoms with E-state index in [0.29, 0.717) is 12.0 Å². The number of hydrogen-bond donors (Lipinski definition) is 1. The second kappa shape index (κ2) is 4.97. The molecule has 3 rings (SSSR count). The van der Waals surface area contributed by atoms with Gasteiger partial charge in [-0.2, -0.15) is 0 Å². The zero-order valence-electron chi connectivity index (χ0n) is 10.3. The Morgan fingerprint density at radius 1 is 1.21 bits per heavy atom. The third-order valence-corrected chi connectivity index (χ3v) is 4.31. The molecule has 1 unspecified atom stereocenters. The first-order valence-corrected chi connectivity index (χ1v) is 7.10. The number of fused-ring (bicyclic) bond motifs is 1. The molecule has 2 aromatic rings. The summed E-state index contributed by atoms with van der Waals surface area (Å²) in [5.74, 6) is -0.149. The van der Waals surface area contributed by atoms with Gasteiger partial charge in [-0.25, -0.2) is 0 Å². The average Bonchev–Trinajstić information content (AvgIpc) is 2.92. The van der Waals surface area contributed by atoms with Crippen LogP contribution in [0.15, 0.2) is 41.8 Å². The lowest BCUT2D eigenvalue weighted by Crippen LogP contribution is -2.43. The smallest absolute Gasteiger partial charge is 0.251 e. The highest BCUT2D eigenvalue weighted by Gasteiger charge is 2.29. The summed E-state index contributed by atoms with van der Waals surface area (Å²) in [5, 5.41) is 4.77. The van der Waals surface area contributed by atoms with Crippen molar-refractivity contribution in [3.05, 3.63) is 57.8 Å². The van der Waals surface area contributed by atoms with Crippen molar-refractivity contribution in [2.75, 3.05) is 0 Å². The number of amides is 1. The maximum Gasteiger partial charge on any atom is 0.251 e. The minimum Gasteiger partial charge on any atom is -0.342 e. The van der Waals surface area contributed by atoms with E-state index in [1.807, 2.05) is 29.6 Å². The molecule has 19 heavy (non-hydrogen) atoms. The molecule has 4 heteroatoms. The molecule has 96 valence electrons. The van der Waals surface area contributed by atoms with Gasteiger partial charge >= 0.3 is 0 Å². The van der Waals surface area contributed by atoms with Crippen LogP contribution < -0.4 is 5.32 Å². The molecule has 1 aliphatic rings. The fourth-order valence-electron chi connectivity index (χ4n) is 2.32. The monoisotopic (exact) mass is 271 g/mol. The third-order valence-electron chi connectivity index (χ3n) is 3.33. The molecule has 1 N–H and O–H groups in total. The molecule has 1 atom stereocenters. The van der Waals surface area contributed by atoms with Crippen LogP contribution in [0.5, 0.6) is 0 Å². The van der Waals surface area contributed by atoms with Gasteiger partial charge in [-0.05, 0) is 36.4 Å². The van der Waals surface area contributed by atoms with E-state index in [1.54, 1.807) is 23.5 Å². The minimum absolute atomic E-state index is 0.0341. The van der Waals surface area contributed by atoms with Crippen LogP contribution in [0.25, 0.3) is 0 Å². The van der Waals surface area contributed by atoms with Gasteiger partial charge in [0.25, 0.3) is 5.91 Å². The van der Waals surface area contributed by atoms with Crippen molar-refractivity contribution in [3.8, 4) is 0 Å². The standard InChI is InChI=1S/C15H13NO2S/c17-14-11-8-9-19-13(11)7-6-12(14)16-15(18)10-4-2-1-3-5-10/h1-5,8-9,12H,6-7H2,(H,16,18). The normalized spacial score (nSPS) is 17.9. The summed E-state index contributed by atoms with van der Waals surface area (Å²) in [4.78, 5) is 25.4. The maximum absolute atomic E-state index is 12.2. The maximum atomic E-state index is 12.2. The topological polar surface area (TPSA) is 46.2 Å². The number of rotatable bonds is 2. The molecule has 1 amide bonds. The van der Waals surface area contributed by atoms with E-state index in [0.717, 1.165) is 16.9 Å². The van der Waals surface area contributed by atoms with E-state index in [-0.39, 0.29) is 11.7 Å². The SMILES string of the molecule is O=C(NC1CCc2sccc2C1=O)c1ccccc1. The van der Waals surface area contributed by atoms with Crippen LogP contribution in [0.2, 0.25) is 0 Å². The lowest BCUT2D eigenvalue weighted by atomic mass is 9.93. The van der Waals surface area contributed by atoms with Crippen molar-refractivity contribution in [2.24, 2.45) is 0 Å². The Morgan fingerprint density at radius 3 is 2.79 bits per heavy atom. The van der Waals surface area contributed by atoms with Gasteiger partial charge in [0.2, 0.25) is 0 Å². The molecule has 0 spiro atoms. The number of hydrogen-bond acceptors (Lipinski definition) is 3. The fourth-order valence-corrected chi connectivity index (χ4v) is 3.22. The van der Waals surface area contributed by atoms with E-state index < -0.39 is 6.04 Å². The number of Topliss-reactive ketones (excluding diaryl/α,β-unsaturated/α-hetero) is 1. The summed E-state index contributed by atoms with van der Waals surface area (Å²) in [6.45, 7) is 0. The van der Waals surface area contributed by atoms with E-state index in [9.17, 15) is 9.59 Å². The molecule has 0 bridgehead atoms. The van der Waals surface area contributed by atoms with Crippen LogP contribution in [0, 0.1) is 0 Å². The molecule has 0 saturated heterocycles. The van der Waals surface area contributed by atoms with Crippen molar-refractivity contribution in [1.82, 2.24) is 5.32 Å². The summed E-state index contributed by atoms with van der Waals surface area (Å²) >= 11 is 1.61. The molecular formula is C15H13NO2S. The van der Waals surface area contributed by atoms with Gasteiger partial charge in [0.05, 0.1) is 6.04 Å². The van der Waals surface area contributed by atoms with E-state index in [1.165, 1.54) is 0 Å². The lowest BCUT2D eigenvalue weighted by molar-refractivity contribution is 0.0846.